The van der Waals surface area contributed by atoms with Gasteiger partial charge in [0.15, 0.2) is 0 Å². The third-order valence-corrected chi connectivity index (χ3v) is 4.94. The molecule has 0 spiro atoms. The monoisotopic (exact) mass is 395 g/mol. The number of halogens is 1. The number of aromatic carboxylic acids is 1. The second-order valence-electron chi connectivity index (χ2n) is 6.38. The standard InChI is InChI=1S/C21H14ClNO5/c22-15-3-1-2-12(11-15)16-5-6-17(23(26)27)20(21(24)25)19(16)14-4-7-18-13(10-14)8-9-28-18/h1-7,10-11H,8-9H2,(H,24,25). The molecule has 0 aliphatic carbocycles. The van der Waals surface area contributed by atoms with E-state index in [0.717, 1.165) is 11.3 Å². The van der Waals surface area contributed by atoms with E-state index in [4.69, 9.17) is 16.3 Å². The third kappa shape index (κ3) is 3.08. The van der Waals surface area contributed by atoms with Crippen molar-refractivity contribution in [3.05, 3.63) is 80.9 Å². The zero-order chi connectivity index (χ0) is 19.8. The zero-order valence-corrected chi connectivity index (χ0v) is 15.3. The number of carboxylic acids is 1. The van der Waals surface area contributed by atoms with Crippen LogP contribution in [0.15, 0.2) is 54.6 Å². The maximum Gasteiger partial charge on any atom is 0.343 e. The average Bonchev–Trinajstić information content (AvgIpc) is 3.14. The summed E-state index contributed by atoms with van der Waals surface area (Å²) in [4.78, 5) is 22.9. The molecule has 1 aliphatic heterocycles. The Morgan fingerprint density at radius 1 is 1.11 bits per heavy atom. The number of nitro benzene ring substituents is 1. The predicted molar refractivity (Wildman–Crippen MR) is 105 cm³/mol. The fourth-order valence-corrected chi connectivity index (χ4v) is 3.69. The van der Waals surface area contributed by atoms with Crippen LogP contribution in [0.2, 0.25) is 5.02 Å². The molecule has 1 N–H and O–H groups in total. The average molecular weight is 396 g/mol. The van der Waals surface area contributed by atoms with Gasteiger partial charge in [-0.1, -0.05) is 29.8 Å². The molecular weight excluding hydrogens is 382 g/mol. The highest BCUT2D eigenvalue weighted by molar-refractivity contribution is 6.30. The van der Waals surface area contributed by atoms with Crippen LogP contribution < -0.4 is 4.74 Å². The van der Waals surface area contributed by atoms with Crippen molar-refractivity contribution >= 4 is 23.3 Å². The van der Waals surface area contributed by atoms with Gasteiger partial charge in [-0.2, -0.15) is 0 Å². The summed E-state index contributed by atoms with van der Waals surface area (Å²) in [5.41, 5.74) is 2.25. The molecule has 0 unspecified atom stereocenters. The molecule has 0 atom stereocenters. The Balaban J connectivity index is 2.06. The van der Waals surface area contributed by atoms with E-state index in [-0.39, 0.29) is 5.56 Å². The Kier molecular flexibility index (Phi) is 4.49. The third-order valence-electron chi connectivity index (χ3n) is 4.71. The number of fused-ring (bicyclic) bond motifs is 1. The SMILES string of the molecule is O=C(O)c1c([N+](=O)[O-])ccc(-c2cccc(Cl)c2)c1-c1ccc2c(c1)CCO2. The molecule has 0 saturated carbocycles. The number of carboxylic acid groups (broad SMARTS) is 1. The molecule has 3 aromatic carbocycles. The number of ether oxygens (including phenoxy) is 1. The quantitative estimate of drug-likeness (QED) is 0.483. The van der Waals surface area contributed by atoms with Gasteiger partial charge in [0.1, 0.15) is 11.3 Å². The van der Waals surface area contributed by atoms with Crippen LogP contribution in [0, 0.1) is 10.1 Å². The first-order valence-corrected chi connectivity index (χ1v) is 8.90. The number of hydrogen-bond donors (Lipinski definition) is 1. The minimum atomic E-state index is -1.36. The molecule has 0 radical (unpaired) electrons. The van der Waals surface area contributed by atoms with Crippen molar-refractivity contribution in [2.75, 3.05) is 6.61 Å². The molecule has 0 aromatic heterocycles. The lowest BCUT2D eigenvalue weighted by atomic mass is 9.88. The van der Waals surface area contributed by atoms with E-state index in [0.29, 0.717) is 40.3 Å². The molecule has 3 aromatic rings. The smallest absolute Gasteiger partial charge is 0.343 e. The van der Waals surface area contributed by atoms with Crippen molar-refractivity contribution in [3.8, 4) is 28.0 Å². The highest BCUT2D eigenvalue weighted by atomic mass is 35.5. The number of nitrogens with zero attached hydrogens (tertiary/aromatic N) is 1. The largest absolute Gasteiger partial charge is 0.493 e. The van der Waals surface area contributed by atoms with Crippen LogP contribution in [0.5, 0.6) is 5.75 Å². The van der Waals surface area contributed by atoms with Gasteiger partial charge >= 0.3 is 5.97 Å². The van der Waals surface area contributed by atoms with Crippen LogP contribution >= 0.6 is 11.6 Å². The Labute approximate surface area is 165 Å². The number of carbonyl (C=O) groups is 1. The predicted octanol–water partition coefficient (Wildman–Crippen LogP) is 5.22. The molecule has 4 rings (SSSR count). The maximum absolute atomic E-state index is 12.0. The van der Waals surface area contributed by atoms with Gasteiger partial charge in [-0.05, 0) is 52.6 Å². The number of nitro groups is 1. The number of hydrogen-bond acceptors (Lipinski definition) is 4. The van der Waals surface area contributed by atoms with E-state index >= 15 is 0 Å². The molecule has 6 nitrogen and oxygen atoms in total. The molecule has 0 fully saturated rings. The minimum absolute atomic E-state index is 0.290. The van der Waals surface area contributed by atoms with E-state index < -0.39 is 16.6 Å². The van der Waals surface area contributed by atoms with Gasteiger partial charge in [-0.25, -0.2) is 4.79 Å². The first-order chi connectivity index (χ1) is 13.5. The van der Waals surface area contributed by atoms with Crippen molar-refractivity contribution < 1.29 is 19.6 Å². The highest BCUT2D eigenvalue weighted by Gasteiger charge is 2.28. The summed E-state index contributed by atoms with van der Waals surface area (Å²) in [6, 6.07) is 15.1. The molecule has 0 bridgehead atoms. The molecule has 7 heteroatoms. The van der Waals surface area contributed by atoms with Crippen LogP contribution in [0.4, 0.5) is 5.69 Å². The molecule has 0 amide bonds. The fourth-order valence-electron chi connectivity index (χ4n) is 3.50. The molecule has 140 valence electrons. The summed E-state index contributed by atoms with van der Waals surface area (Å²) in [5, 5.41) is 21.8. The second-order valence-corrected chi connectivity index (χ2v) is 6.81. The van der Waals surface area contributed by atoms with Crippen LogP contribution in [-0.2, 0) is 6.42 Å². The van der Waals surface area contributed by atoms with Crippen molar-refractivity contribution in [3.63, 3.8) is 0 Å². The maximum atomic E-state index is 12.0. The summed E-state index contributed by atoms with van der Waals surface area (Å²) < 4.78 is 5.52. The topological polar surface area (TPSA) is 89.7 Å². The van der Waals surface area contributed by atoms with Gasteiger partial charge in [0, 0.05) is 23.1 Å². The number of benzene rings is 3. The van der Waals surface area contributed by atoms with Gasteiger partial charge in [0.2, 0.25) is 0 Å². The molecular formula is C21H14ClNO5. The normalized spacial score (nSPS) is 12.3. The Hall–Kier alpha value is -3.38. The molecule has 1 aliphatic rings. The van der Waals surface area contributed by atoms with Gasteiger partial charge < -0.3 is 9.84 Å². The van der Waals surface area contributed by atoms with Crippen LogP contribution in [-0.4, -0.2) is 22.6 Å². The Bertz CT molecular complexity index is 1130. The van der Waals surface area contributed by atoms with E-state index in [1.165, 1.54) is 6.07 Å². The van der Waals surface area contributed by atoms with Gasteiger partial charge in [-0.15, -0.1) is 0 Å². The van der Waals surface area contributed by atoms with E-state index in [9.17, 15) is 20.0 Å². The Morgan fingerprint density at radius 2 is 1.93 bits per heavy atom. The van der Waals surface area contributed by atoms with E-state index in [1.807, 2.05) is 6.07 Å². The second kappa shape index (κ2) is 6.98. The summed E-state index contributed by atoms with van der Waals surface area (Å²) in [7, 11) is 0. The number of rotatable bonds is 4. The Morgan fingerprint density at radius 3 is 2.64 bits per heavy atom. The van der Waals surface area contributed by atoms with E-state index in [2.05, 4.69) is 0 Å². The lowest BCUT2D eigenvalue weighted by Crippen LogP contribution is -2.06. The first-order valence-electron chi connectivity index (χ1n) is 8.52. The van der Waals surface area contributed by atoms with Crippen molar-refractivity contribution in [1.82, 2.24) is 0 Å². The zero-order valence-electron chi connectivity index (χ0n) is 14.5. The van der Waals surface area contributed by atoms with Crippen LogP contribution in [0.1, 0.15) is 15.9 Å². The summed E-state index contributed by atoms with van der Waals surface area (Å²) in [5.74, 6) is -0.613. The highest BCUT2D eigenvalue weighted by Crippen LogP contribution is 2.41. The van der Waals surface area contributed by atoms with E-state index in [1.54, 1.807) is 42.5 Å². The van der Waals surface area contributed by atoms with Gasteiger partial charge in [0.25, 0.3) is 5.69 Å². The lowest BCUT2D eigenvalue weighted by Gasteiger charge is -2.15. The minimum Gasteiger partial charge on any atom is -0.493 e. The van der Waals surface area contributed by atoms with Crippen molar-refractivity contribution in [2.45, 2.75) is 6.42 Å². The van der Waals surface area contributed by atoms with Crippen LogP contribution in [0.25, 0.3) is 22.3 Å². The summed E-state index contributed by atoms with van der Waals surface area (Å²) in [6.45, 7) is 0.556. The lowest BCUT2D eigenvalue weighted by molar-refractivity contribution is -0.385. The van der Waals surface area contributed by atoms with Gasteiger partial charge in [0.05, 0.1) is 11.5 Å². The van der Waals surface area contributed by atoms with Crippen molar-refractivity contribution in [1.29, 1.82) is 0 Å². The molecule has 28 heavy (non-hydrogen) atoms. The first kappa shape index (κ1) is 18.0. The summed E-state index contributed by atoms with van der Waals surface area (Å²) >= 11 is 6.11. The van der Waals surface area contributed by atoms with Crippen LogP contribution in [0.3, 0.4) is 0 Å². The molecule has 0 saturated heterocycles. The summed E-state index contributed by atoms with van der Waals surface area (Å²) in [6.07, 6.45) is 0.701. The fraction of sp³-hybridized carbons (Fsp3) is 0.0952. The van der Waals surface area contributed by atoms with Gasteiger partial charge in [-0.3, -0.25) is 10.1 Å². The van der Waals surface area contributed by atoms with Crippen molar-refractivity contribution in [2.24, 2.45) is 0 Å². The molecule has 1 heterocycles.